The third-order valence-electron chi connectivity index (χ3n) is 5.79. The fourth-order valence-electron chi connectivity index (χ4n) is 4.11. The van der Waals surface area contributed by atoms with Crippen molar-refractivity contribution < 1.29 is 4.74 Å². The van der Waals surface area contributed by atoms with Crippen LogP contribution in [0.3, 0.4) is 0 Å². The van der Waals surface area contributed by atoms with Crippen molar-refractivity contribution in [1.82, 2.24) is 19.2 Å². The average molecular weight is 457 g/mol. The van der Waals surface area contributed by atoms with Crippen LogP contribution in [-0.4, -0.2) is 26.3 Å². The molecule has 0 radical (unpaired) electrons. The van der Waals surface area contributed by atoms with Crippen LogP contribution in [0.15, 0.2) is 70.6 Å². The van der Waals surface area contributed by atoms with Crippen LogP contribution in [0.4, 0.5) is 0 Å². The first kappa shape index (κ1) is 21.3. The Hall–Kier alpha value is -3.58. The Bertz CT molecular complexity index is 1570. The number of fused-ring (bicyclic) bond motifs is 3. The standard InChI is InChI=1S/C26H24N4O2S/c1-16-10-12-23(32-4)19(13-16)15-33-26-28-27-25-29(22-14-17(2)9-11-18(22)3)24(31)20-7-5-6-8-21(20)30(25)26/h5-14H,15H2,1-4H3. The van der Waals surface area contributed by atoms with Crippen LogP contribution in [0.2, 0.25) is 0 Å². The summed E-state index contributed by atoms with van der Waals surface area (Å²) < 4.78 is 9.20. The number of hydrogen-bond donors (Lipinski definition) is 0. The number of hydrogen-bond acceptors (Lipinski definition) is 5. The van der Waals surface area contributed by atoms with Crippen LogP contribution in [0.25, 0.3) is 22.4 Å². The Morgan fingerprint density at radius 1 is 0.939 bits per heavy atom. The average Bonchev–Trinajstić information content (AvgIpc) is 3.24. The van der Waals surface area contributed by atoms with Gasteiger partial charge in [-0.1, -0.05) is 53.7 Å². The molecule has 33 heavy (non-hydrogen) atoms. The third kappa shape index (κ3) is 3.68. The topological polar surface area (TPSA) is 61.4 Å². The molecule has 0 spiro atoms. The summed E-state index contributed by atoms with van der Waals surface area (Å²) >= 11 is 1.57. The van der Waals surface area contributed by atoms with E-state index in [0.717, 1.165) is 38.8 Å². The predicted molar refractivity (Wildman–Crippen MR) is 133 cm³/mol. The molecule has 5 aromatic rings. The lowest BCUT2D eigenvalue weighted by Gasteiger charge is -2.14. The summed E-state index contributed by atoms with van der Waals surface area (Å²) in [5.74, 6) is 2.02. The van der Waals surface area contributed by atoms with Gasteiger partial charge in [0.05, 0.1) is 23.7 Å². The first-order valence-electron chi connectivity index (χ1n) is 10.7. The molecule has 0 aliphatic rings. The maximum absolute atomic E-state index is 13.6. The molecule has 0 aliphatic carbocycles. The molecule has 0 saturated heterocycles. The Morgan fingerprint density at radius 2 is 1.70 bits per heavy atom. The second-order valence-electron chi connectivity index (χ2n) is 8.17. The van der Waals surface area contributed by atoms with Gasteiger partial charge in [-0.3, -0.25) is 9.20 Å². The van der Waals surface area contributed by atoms with Crippen LogP contribution >= 0.6 is 11.8 Å². The van der Waals surface area contributed by atoms with Gasteiger partial charge < -0.3 is 4.74 Å². The second-order valence-corrected chi connectivity index (χ2v) is 9.11. The molecule has 3 aromatic carbocycles. The van der Waals surface area contributed by atoms with E-state index in [1.165, 1.54) is 5.56 Å². The number of ether oxygens (including phenoxy) is 1. The molecule has 5 rings (SSSR count). The zero-order valence-corrected chi connectivity index (χ0v) is 19.8. The lowest BCUT2D eigenvalue weighted by Crippen LogP contribution is -2.22. The van der Waals surface area contributed by atoms with E-state index < -0.39 is 0 Å². The minimum atomic E-state index is -0.101. The smallest absolute Gasteiger partial charge is 0.267 e. The molecule has 2 heterocycles. The Labute approximate surface area is 195 Å². The van der Waals surface area contributed by atoms with E-state index in [1.54, 1.807) is 23.4 Å². The summed E-state index contributed by atoms with van der Waals surface area (Å²) in [5, 5.41) is 10.3. The van der Waals surface area contributed by atoms with Crippen molar-refractivity contribution in [3.63, 3.8) is 0 Å². The van der Waals surface area contributed by atoms with Gasteiger partial charge in [-0.15, -0.1) is 10.2 Å². The number of para-hydroxylation sites is 1. The normalized spacial score (nSPS) is 11.4. The monoisotopic (exact) mass is 456 g/mol. The molecule has 0 saturated carbocycles. The first-order valence-corrected chi connectivity index (χ1v) is 11.7. The molecular formula is C26H24N4O2S. The number of rotatable bonds is 5. The third-order valence-corrected chi connectivity index (χ3v) is 6.77. The maximum atomic E-state index is 13.6. The van der Waals surface area contributed by atoms with Crippen molar-refractivity contribution in [3.8, 4) is 11.4 Å². The van der Waals surface area contributed by atoms with Gasteiger partial charge in [-0.25, -0.2) is 4.57 Å². The van der Waals surface area contributed by atoms with Crippen molar-refractivity contribution in [2.24, 2.45) is 0 Å². The highest BCUT2D eigenvalue weighted by atomic mass is 32.2. The highest BCUT2D eigenvalue weighted by molar-refractivity contribution is 7.98. The molecule has 0 N–H and O–H groups in total. The SMILES string of the molecule is COc1ccc(C)cc1CSc1nnc2n(-c3cc(C)ccc3C)c(=O)c3ccccc3n12. The van der Waals surface area contributed by atoms with E-state index in [0.29, 0.717) is 16.9 Å². The van der Waals surface area contributed by atoms with E-state index in [4.69, 9.17) is 4.74 Å². The Balaban J connectivity index is 1.72. The molecule has 7 heteroatoms. The van der Waals surface area contributed by atoms with Crippen molar-refractivity contribution in [2.75, 3.05) is 7.11 Å². The molecule has 0 aliphatic heterocycles. The quantitative estimate of drug-likeness (QED) is 0.338. The van der Waals surface area contributed by atoms with E-state index >= 15 is 0 Å². The second kappa shape index (κ2) is 8.41. The van der Waals surface area contributed by atoms with Gasteiger partial charge >= 0.3 is 0 Å². The lowest BCUT2D eigenvalue weighted by atomic mass is 10.1. The molecule has 166 valence electrons. The van der Waals surface area contributed by atoms with Crippen molar-refractivity contribution >= 4 is 28.4 Å². The summed E-state index contributed by atoms with van der Waals surface area (Å²) in [7, 11) is 1.68. The largest absolute Gasteiger partial charge is 0.496 e. The summed E-state index contributed by atoms with van der Waals surface area (Å²) in [6, 6.07) is 19.9. The van der Waals surface area contributed by atoms with Gasteiger partial charge in [-0.2, -0.15) is 0 Å². The number of nitrogens with zero attached hydrogens (tertiary/aromatic N) is 4. The van der Waals surface area contributed by atoms with Crippen molar-refractivity contribution in [2.45, 2.75) is 31.7 Å². The summed E-state index contributed by atoms with van der Waals surface area (Å²) in [5.41, 5.74) is 5.85. The number of methoxy groups -OCH3 is 1. The molecular weight excluding hydrogens is 432 g/mol. The molecule has 0 unspecified atom stereocenters. The van der Waals surface area contributed by atoms with E-state index in [2.05, 4.69) is 23.2 Å². The summed E-state index contributed by atoms with van der Waals surface area (Å²) in [6.07, 6.45) is 0. The maximum Gasteiger partial charge on any atom is 0.267 e. The number of aryl methyl sites for hydroxylation is 3. The van der Waals surface area contributed by atoms with Gasteiger partial charge in [0.1, 0.15) is 5.75 Å². The van der Waals surface area contributed by atoms with Gasteiger partial charge in [-0.05, 0) is 56.2 Å². The van der Waals surface area contributed by atoms with Crippen molar-refractivity contribution in [1.29, 1.82) is 0 Å². The van der Waals surface area contributed by atoms with Crippen LogP contribution in [0, 0.1) is 20.8 Å². The zero-order chi connectivity index (χ0) is 23.1. The fourth-order valence-corrected chi connectivity index (χ4v) is 5.03. The number of thioether (sulfide) groups is 1. The van der Waals surface area contributed by atoms with Crippen LogP contribution in [0.5, 0.6) is 5.75 Å². The minimum Gasteiger partial charge on any atom is -0.496 e. The summed E-state index contributed by atoms with van der Waals surface area (Å²) in [4.78, 5) is 13.6. The highest BCUT2D eigenvalue weighted by Gasteiger charge is 2.19. The predicted octanol–water partition coefficient (Wildman–Crippen LogP) is 5.26. The molecule has 0 bridgehead atoms. The van der Waals surface area contributed by atoms with Gasteiger partial charge in [0.2, 0.25) is 5.78 Å². The van der Waals surface area contributed by atoms with Crippen LogP contribution in [-0.2, 0) is 5.75 Å². The first-order chi connectivity index (χ1) is 16.0. The van der Waals surface area contributed by atoms with Crippen molar-refractivity contribution in [3.05, 3.63) is 93.3 Å². The summed E-state index contributed by atoms with van der Waals surface area (Å²) in [6.45, 7) is 6.09. The van der Waals surface area contributed by atoms with Gasteiger partial charge in [0, 0.05) is 11.3 Å². The van der Waals surface area contributed by atoms with E-state index in [9.17, 15) is 4.79 Å². The van der Waals surface area contributed by atoms with E-state index in [1.807, 2.05) is 72.8 Å². The minimum absolute atomic E-state index is 0.101. The molecule has 2 aromatic heterocycles. The highest BCUT2D eigenvalue weighted by Crippen LogP contribution is 2.30. The molecule has 0 fully saturated rings. The molecule has 0 atom stereocenters. The molecule has 6 nitrogen and oxygen atoms in total. The lowest BCUT2D eigenvalue weighted by molar-refractivity contribution is 0.411. The van der Waals surface area contributed by atoms with Gasteiger partial charge in [0.15, 0.2) is 5.16 Å². The van der Waals surface area contributed by atoms with Crippen LogP contribution < -0.4 is 10.3 Å². The number of benzene rings is 3. The van der Waals surface area contributed by atoms with Crippen LogP contribution in [0.1, 0.15) is 22.3 Å². The Kier molecular flexibility index (Phi) is 5.42. The van der Waals surface area contributed by atoms with E-state index in [-0.39, 0.29) is 5.56 Å². The fraction of sp³-hybridized carbons (Fsp3) is 0.192. The molecule has 0 amide bonds. The van der Waals surface area contributed by atoms with Gasteiger partial charge in [0.25, 0.3) is 5.56 Å². The zero-order valence-electron chi connectivity index (χ0n) is 19.0. The Morgan fingerprint density at radius 3 is 2.52 bits per heavy atom. The number of aromatic nitrogens is 4.